The Morgan fingerprint density at radius 1 is 1.09 bits per heavy atom. The van der Waals surface area contributed by atoms with Crippen molar-refractivity contribution in [2.45, 2.75) is 6.92 Å². The van der Waals surface area contributed by atoms with Crippen molar-refractivity contribution in [1.29, 1.82) is 0 Å². The minimum atomic E-state index is -0.104. The van der Waals surface area contributed by atoms with Crippen molar-refractivity contribution in [1.82, 2.24) is 4.90 Å². The average molecular weight is 334 g/mol. The zero-order valence-corrected chi connectivity index (χ0v) is 14.0. The first-order valence-electron chi connectivity index (χ1n) is 7.36. The number of ether oxygens (including phenoxy) is 2. The monoisotopic (exact) mass is 333 g/mol. The molecule has 122 valence electrons. The van der Waals surface area contributed by atoms with Crippen LogP contribution in [0.2, 0.25) is 5.02 Å². The van der Waals surface area contributed by atoms with Crippen molar-refractivity contribution < 1.29 is 14.3 Å². The van der Waals surface area contributed by atoms with E-state index in [1.54, 1.807) is 36.2 Å². The van der Waals surface area contributed by atoms with E-state index < -0.39 is 0 Å². The quantitative estimate of drug-likeness (QED) is 0.777. The fourth-order valence-electron chi connectivity index (χ4n) is 1.92. The lowest BCUT2D eigenvalue weighted by atomic mass is 10.2. The van der Waals surface area contributed by atoms with Crippen LogP contribution in [0.3, 0.4) is 0 Å². The largest absolute Gasteiger partial charge is 0.492 e. The van der Waals surface area contributed by atoms with Crippen LogP contribution in [0.25, 0.3) is 0 Å². The third kappa shape index (κ3) is 5.83. The van der Waals surface area contributed by atoms with Gasteiger partial charge in [-0.3, -0.25) is 4.79 Å². The van der Waals surface area contributed by atoms with Crippen LogP contribution >= 0.6 is 11.6 Å². The molecule has 0 fully saturated rings. The molecule has 4 nitrogen and oxygen atoms in total. The molecule has 1 amide bonds. The summed E-state index contributed by atoms with van der Waals surface area (Å²) >= 11 is 5.80. The summed E-state index contributed by atoms with van der Waals surface area (Å²) in [6.45, 7) is 2.93. The van der Waals surface area contributed by atoms with Crippen LogP contribution in [0, 0.1) is 6.92 Å². The Balaban J connectivity index is 1.71. The zero-order valence-electron chi connectivity index (χ0n) is 13.3. The van der Waals surface area contributed by atoms with E-state index in [-0.39, 0.29) is 12.5 Å². The highest BCUT2D eigenvalue weighted by atomic mass is 35.5. The molecule has 0 aromatic heterocycles. The van der Waals surface area contributed by atoms with Gasteiger partial charge < -0.3 is 14.4 Å². The molecule has 5 heteroatoms. The second kappa shape index (κ2) is 8.44. The fraction of sp³-hybridized carbons (Fsp3) is 0.278. The van der Waals surface area contributed by atoms with Crippen molar-refractivity contribution in [3.05, 3.63) is 59.1 Å². The Morgan fingerprint density at radius 3 is 2.52 bits per heavy atom. The number of nitrogens with zero attached hydrogens (tertiary/aromatic N) is 1. The number of likely N-dealkylation sites (N-methyl/N-ethyl adjacent to an activating group) is 1. The van der Waals surface area contributed by atoms with Crippen LogP contribution in [0.5, 0.6) is 11.5 Å². The van der Waals surface area contributed by atoms with Crippen LogP contribution in [0.4, 0.5) is 0 Å². The minimum absolute atomic E-state index is 0.0113. The molecular formula is C18H20ClNO3. The lowest BCUT2D eigenvalue weighted by Gasteiger charge is -2.18. The highest BCUT2D eigenvalue weighted by Crippen LogP contribution is 2.15. The van der Waals surface area contributed by atoms with Crippen LogP contribution in [0.1, 0.15) is 5.56 Å². The number of aryl methyl sites for hydroxylation is 1. The van der Waals surface area contributed by atoms with E-state index in [0.29, 0.717) is 23.9 Å². The van der Waals surface area contributed by atoms with Gasteiger partial charge in [-0.1, -0.05) is 23.7 Å². The number of benzene rings is 2. The average Bonchev–Trinajstić information content (AvgIpc) is 2.54. The second-order valence-electron chi connectivity index (χ2n) is 5.22. The molecule has 0 aliphatic heterocycles. The highest BCUT2D eigenvalue weighted by Gasteiger charge is 2.09. The number of amides is 1. The Kier molecular flexibility index (Phi) is 6.29. The predicted octanol–water partition coefficient (Wildman–Crippen LogP) is 3.56. The first-order valence-corrected chi connectivity index (χ1v) is 7.74. The standard InChI is InChI=1S/C18H20ClNO3/c1-14-4-3-5-17(12-14)22-11-10-20(2)18(21)13-23-16-8-6-15(19)7-9-16/h3-9,12H,10-11,13H2,1-2H3. The normalized spacial score (nSPS) is 10.2. The molecule has 23 heavy (non-hydrogen) atoms. The molecule has 0 saturated carbocycles. The van der Waals surface area contributed by atoms with Crippen LogP contribution in [-0.2, 0) is 4.79 Å². The maximum Gasteiger partial charge on any atom is 0.260 e. The van der Waals surface area contributed by atoms with Gasteiger partial charge in [0.2, 0.25) is 0 Å². The molecule has 0 radical (unpaired) electrons. The first-order chi connectivity index (χ1) is 11.0. The van der Waals surface area contributed by atoms with E-state index in [1.165, 1.54) is 0 Å². The topological polar surface area (TPSA) is 38.8 Å². The van der Waals surface area contributed by atoms with Gasteiger partial charge in [0.15, 0.2) is 6.61 Å². The van der Waals surface area contributed by atoms with Crippen molar-refractivity contribution in [3.8, 4) is 11.5 Å². The van der Waals surface area contributed by atoms with Gasteiger partial charge in [0, 0.05) is 12.1 Å². The molecule has 0 unspecified atom stereocenters. The second-order valence-corrected chi connectivity index (χ2v) is 5.66. The van der Waals surface area contributed by atoms with Crippen molar-refractivity contribution in [2.75, 3.05) is 26.8 Å². The lowest BCUT2D eigenvalue weighted by molar-refractivity contribution is -0.132. The highest BCUT2D eigenvalue weighted by molar-refractivity contribution is 6.30. The van der Waals surface area contributed by atoms with Crippen molar-refractivity contribution >= 4 is 17.5 Å². The van der Waals surface area contributed by atoms with Gasteiger partial charge in [0.25, 0.3) is 5.91 Å². The number of rotatable bonds is 7. The van der Waals surface area contributed by atoms with Gasteiger partial charge >= 0.3 is 0 Å². The Morgan fingerprint density at radius 2 is 1.83 bits per heavy atom. The lowest BCUT2D eigenvalue weighted by Crippen LogP contribution is -2.34. The summed E-state index contributed by atoms with van der Waals surface area (Å²) in [4.78, 5) is 13.6. The van der Waals surface area contributed by atoms with E-state index in [2.05, 4.69) is 0 Å². The van der Waals surface area contributed by atoms with Gasteiger partial charge in [-0.2, -0.15) is 0 Å². The summed E-state index contributed by atoms with van der Waals surface area (Å²) in [5, 5.41) is 0.633. The predicted molar refractivity (Wildman–Crippen MR) is 91.3 cm³/mol. The summed E-state index contributed by atoms with van der Waals surface area (Å²) in [5.74, 6) is 1.32. The Labute approximate surface area is 141 Å². The first kappa shape index (κ1) is 17.2. The minimum Gasteiger partial charge on any atom is -0.492 e. The molecule has 2 aromatic rings. The van der Waals surface area contributed by atoms with E-state index >= 15 is 0 Å². The van der Waals surface area contributed by atoms with Gasteiger partial charge in [-0.05, 0) is 48.9 Å². The summed E-state index contributed by atoms with van der Waals surface area (Å²) in [7, 11) is 1.73. The molecule has 0 bridgehead atoms. The van der Waals surface area contributed by atoms with Gasteiger partial charge in [0.1, 0.15) is 18.1 Å². The molecule has 0 atom stereocenters. The molecule has 0 aliphatic carbocycles. The van der Waals surface area contributed by atoms with Gasteiger partial charge in [0.05, 0.1) is 6.54 Å². The Hall–Kier alpha value is -2.20. The van der Waals surface area contributed by atoms with Crippen LogP contribution in [-0.4, -0.2) is 37.6 Å². The number of halogens is 1. The molecule has 0 saturated heterocycles. The molecule has 0 N–H and O–H groups in total. The summed E-state index contributed by atoms with van der Waals surface area (Å²) in [6, 6.07) is 14.7. The van der Waals surface area contributed by atoms with E-state index in [4.69, 9.17) is 21.1 Å². The maximum atomic E-state index is 12.0. The van der Waals surface area contributed by atoms with Crippen LogP contribution < -0.4 is 9.47 Å². The summed E-state index contributed by atoms with van der Waals surface area (Å²) in [5.41, 5.74) is 1.14. The number of hydrogen-bond acceptors (Lipinski definition) is 3. The maximum absolute atomic E-state index is 12.0. The van der Waals surface area contributed by atoms with Crippen molar-refractivity contribution in [3.63, 3.8) is 0 Å². The molecule has 0 spiro atoms. The van der Waals surface area contributed by atoms with E-state index in [0.717, 1.165) is 11.3 Å². The van der Waals surface area contributed by atoms with E-state index in [9.17, 15) is 4.79 Å². The molecule has 0 heterocycles. The van der Waals surface area contributed by atoms with Gasteiger partial charge in [-0.25, -0.2) is 0 Å². The summed E-state index contributed by atoms with van der Waals surface area (Å²) < 4.78 is 11.1. The zero-order chi connectivity index (χ0) is 16.7. The molecular weight excluding hydrogens is 314 g/mol. The smallest absolute Gasteiger partial charge is 0.260 e. The number of carbonyl (C=O) groups is 1. The van der Waals surface area contributed by atoms with E-state index in [1.807, 2.05) is 31.2 Å². The number of carbonyl (C=O) groups excluding carboxylic acids is 1. The van der Waals surface area contributed by atoms with Gasteiger partial charge in [-0.15, -0.1) is 0 Å². The summed E-state index contributed by atoms with van der Waals surface area (Å²) in [6.07, 6.45) is 0. The number of hydrogen-bond donors (Lipinski definition) is 0. The molecule has 2 aromatic carbocycles. The van der Waals surface area contributed by atoms with Crippen molar-refractivity contribution in [2.24, 2.45) is 0 Å². The third-order valence-electron chi connectivity index (χ3n) is 3.29. The molecule has 0 aliphatic rings. The Bertz CT molecular complexity index is 643. The molecule has 2 rings (SSSR count). The fourth-order valence-corrected chi connectivity index (χ4v) is 2.04. The van der Waals surface area contributed by atoms with Crippen LogP contribution in [0.15, 0.2) is 48.5 Å². The third-order valence-corrected chi connectivity index (χ3v) is 3.54. The SMILES string of the molecule is Cc1cccc(OCCN(C)C(=O)COc2ccc(Cl)cc2)c1.